The topological polar surface area (TPSA) is 74.2 Å². The van der Waals surface area contributed by atoms with Crippen LogP contribution >= 0.6 is 0 Å². The van der Waals surface area contributed by atoms with E-state index in [1.54, 1.807) is 0 Å². The number of hydrogen-bond donors (Lipinski definition) is 1. The number of rotatable bonds is 4. The van der Waals surface area contributed by atoms with Gasteiger partial charge in [0.05, 0.1) is 6.04 Å². The van der Waals surface area contributed by atoms with Crippen LogP contribution in [-0.4, -0.2) is 16.7 Å². The monoisotopic (exact) mass is 239 g/mol. The van der Waals surface area contributed by atoms with E-state index in [1.165, 1.54) is 6.42 Å². The van der Waals surface area contributed by atoms with Crippen molar-refractivity contribution in [3.8, 4) is 0 Å². The van der Waals surface area contributed by atoms with Crippen molar-refractivity contribution < 1.29 is 9.26 Å². The maximum Gasteiger partial charge on any atom is 0.243 e. The zero-order chi connectivity index (χ0) is 12.3. The first-order valence-corrected chi connectivity index (χ1v) is 6.41. The zero-order valence-electron chi connectivity index (χ0n) is 10.6. The van der Waals surface area contributed by atoms with Gasteiger partial charge in [-0.2, -0.15) is 4.98 Å². The molecule has 1 aliphatic carbocycles. The minimum absolute atomic E-state index is 0.224. The van der Waals surface area contributed by atoms with E-state index >= 15 is 0 Å². The summed E-state index contributed by atoms with van der Waals surface area (Å²) >= 11 is 0. The van der Waals surface area contributed by atoms with E-state index in [9.17, 15) is 0 Å². The van der Waals surface area contributed by atoms with Gasteiger partial charge < -0.3 is 15.0 Å². The Kier molecular flexibility index (Phi) is 3.79. The maximum atomic E-state index is 5.92. The predicted octanol–water partition coefficient (Wildman–Crippen LogP) is 2.29. The van der Waals surface area contributed by atoms with Crippen molar-refractivity contribution in [3.05, 3.63) is 11.7 Å². The Balaban J connectivity index is 2.24. The average molecular weight is 239 g/mol. The van der Waals surface area contributed by atoms with Gasteiger partial charge in [-0.15, -0.1) is 0 Å². The molecule has 0 amide bonds. The molecule has 1 aliphatic rings. The predicted molar refractivity (Wildman–Crippen MR) is 63.3 cm³/mol. The van der Waals surface area contributed by atoms with Gasteiger partial charge in [0.1, 0.15) is 5.60 Å². The molecule has 0 unspecified atom stereocenters. The van der Waals surface area contributed by atoms with Crippen molar-refractivity contribution in [1.29, 1.82) is 0 Å². The van der Waals surface area contributed by atoms with E-state index in [-0.39, 0.29) is 11.6 Å². The second-order valence-corrected chi connectivity index (χ2v) is 4.73. The molecule has 1 aromatic heterocycles. The van der Waals surface area contributed by atoms with Crippen LogP contribution in [0.2, 0.25) is 0 Å². The highest BCUT2D eigenvalue weighted by molar-refractivity contribution is 5.04. The molecule has 1 saturated carbocycles. The van der Waals surface area contributed by atoms with Crippen molar-refractivity contribution in [2.45, 2.75) is 57.6 Å². The molecular formula is C12H21N3O2. The second-order valence-electron chi connectivity index (χ2n) is 4.73. The largest absolute Gasteiger partial charge is 0.367 e. The van der Waals surface area contributed by atoms with Crippen molar-refractivity contribution in [1.82, 2.24) is 10.1 Å². The highest BCUT2D eigenvalue weighted by atomic mass is 16.5. The van der Waals surface area contributed by atoms with Gasteiger partial charge in [0, 0.05) is 6.61 Å². The van der Waals surface area contributed by atoms with Crippen LogP contribution in [0.15, 0.2) is 4.52 Å². The van der Waals surface area contributed by atoms with Crippen LogP contribution in [0.25, 0.3) is 0 Å². The van der Waals surface area contributed by atoms with Crippen molar-refractivity contribution in [2.24, 2.45) is 5.73 Å². The molecule has 5 nitrogen and oxygen atoms in total. The summed E-state index contributed by atoms with van der Waals surface area (Å²) in [5.74, 6) is 1.16. The fourth-order valence-electron chi connectivity index (χ4n) is 2.44. The second kappa shape index (κ2) is 5.14. The lowest BCUT2D eigenvalue weighted by Gasteiger charge is -2.33. The molecular weight excluding hydrogens is 218 g/mol. The molecule has 17 heavy (non-hydrogen) atoms. The van der Waals surface area contributed by atoms with E-state index in [4.69, 9.17) is 15.0 Å². The van der Waals surface area contributed by atoms with Crippen LogP contribution in [0.4, 0.5) is 0 Å². The molecule has 0 aliphatic heterocycles. The minimum Gasteiger partial charge on any atom is -0.367 e. The highest BCUT2D eigenvalue weighted by Crippen LogP contribution is 2.39. The van der Waals surface area contributed by atoms with E-state index in [0.29, 0.717) is 18.3 Å². The molecule has 1 aromatic rings. The third-order valence-corrected chi connectivity index (χ3v) is 3.32. The molecule has 1 atom stereocenters. The van der Waals surface area contributed by atoms with Crippen molar-refractivity contribution >= 4 is 0 Å². The van der Waals surface area contributed by atoms with Crippen LogP contribution in [0, 0.1) is 0 Å². The summed E-state index contributed by atoms with van der Waals surface area (Å²) in [6.07, 6.45) is 5.51. The van der Waals surface area contributed by atoms with E-state index in [1.807, 2.05) is 13.8 Å². The third-order valence-electron chi connectivity index (χ3n) is 3.32. The van der Waals surface area contributed by atoms with Gasteiger partial charge in [0.2, 0.25) is 11.7 Å². The highest BCUT2D eigenvalue weighted by Gasteiger charge is 2.39. The minimum atomic E-state index is -0.344. The third kappa shape index (κ3) is 2.50. The van der Waals surface area contributed by atoms with E-state index < -0.39 is 0 Å². The lowest BCUT2D eigenvalue weighted by Crippen LogP contribution is -2.33. The lowest BCUT2D eigenvalue weighted by molar-refractivity contribution is -0.0777. The fourth-order valence-corrected chi connectivity index (χ4v) is 2.44. The Labute approximate surface area is 102 Å². The summed E-state index contributed by atoms with van der Waals surface area (Å²) in [4.78, 5) is 4.40. The van der Waals surface area contributed by atoms with Crippen LogP contribution in [0.1, 0.15) is 63.7 Å². The summed E-state index contributed by atoms with van der Waals surface area (Å²) in [7, 11) is 0. The number of hydrogen-bond acceptors (Lipinski definition) is 5. The first-order valence-electron chi connectivity index (χ1n) is 6.41. The molecule has 0 radical (unpaired) electrons. The zero-order valence-corrected chi connectivity index (χ0v) is 10.6. The summed E-state index contributed by atoms with van der Waals surface area (Å²) in [6.45, 7) is 4.51. The normalized spacial score (nSPS) is 21.4. The summed E-state index contributed by atoms with van der Waals surface area (Å²) < 4.78 is 11.1. The van der Waals surface area contributed by atoms with Gasteiger partial charge in [-0.25, -0.2) is 0 Å². The van der Waals surface area contributed by atoms with Crippen LogP contribution < -0.4 is 5.73 Å². The molecule has 96 valence electrons. The van der Waals surface area contributed by atoms with Crippen LogP contribution in [0.3, 0.4) is 0 Å². The van der Waals surface area contributed by atoms with Gasteiger partial charge in [0.15, 0.2) is 0 Å². The quantitative estimate of drug-likeness (QED) is 0.872. The van der Waals surface area contributed by atoms with Crippen molar-refractivity contribution in [3.63, 3.8) is 0 Å². The Bertz CT molecular complexity index is 351. The van der Waals surface area contributed by atoms with Gasteiger partial charge in [-0.05, 0) is 26.7 Å². The molecule has 5 heteroatoms. The van der Waals surface area contributed by atoms with E-state index in [2.05, 4.69) is 10.1 Å². The fraction of sp³-hybridized carbons (Fsp3) is 0.833. The molecule has 1 heterocycles. The first-order chi connectivity index (χ1) is 8.18. The number of ether oxygens (including phenoxy) is 1. The maximum absolute atomic E-state index is 5.92. The summed E-state index contributed by atoms with van der Waals surface area (Å²) in [5, 5.41) is 4.06. The van der Waals surface area contributed by atoms with Gasteiger partial charge in [-0.1, -0.05) is 24.4 Å². The average Bonchev–Trinajstić information content (AvgIpc) is 2.80. The summed E-state index contributed by atoms with van der Waals surface area (Å²) in [5.41, 5.74) is 5.39. The Hall–Kier alpha value is -0.940. The Morgan fingerprint density at radius 1 is 1.41 bits per heavy atom. The molecule has 0 saturated heterocycles. The smallest absolute Gasteiger partial charge is 0.243 e. The van der Waals surface area contributed by atoms with Crippen LogP contribution in [0.5, 0.6) is 0 Å². The molecule has 1 fully saturated rings. The van der Waals surface area contributed by atoms with Crippen LogP contribution in [-0.2, 0) is 10.3 Å². The van der Waals surface area contributed by atoms with Crippen molar-refractivity contribution in [2.75, 3.05) is 6.61 Å². The molecule has 2 rings (SSSR count). The standard InChI is InChI=1S/C12H21N3O2/c1-3-16-12(7-5-4-6-8-12)11-14-10(9(2)13)17-15-11/h9H,3-8,13H2,1-2H3/t9-/m1/s1. The molecule has 0 spiro atoms. The number of nitrogens with two attached hydrogens (primary N) is 1. The SMILES string of the molecule is CCOC1(c2noc([C@@H](C)N)n2)CCCCC1. The lowest BCUT2D eigenvalue weighted by atomic mass is 9.84. The first kappa shape index (κ1) is 12.5. The molecule has 0 bridgehead atoms. The Morgan fingerprint density at radius 2 is 2.12 bits per heavy atom. The van der Waals surface area contributed by atoms with Gasteiger partial charge >= 0.3 is 0 Å². The molecule has 0 aromatic carbocycles. The van der Waals surface area contributed by atoms with Gasteiger partial charge in [0.25, 0.3) is 0 Å². The molecule has 2 N–H and O–H groups in total. The number of aromatic nitrogens is 2. The van der Waals surface area contributed by atoms with Gasteiger partial charge in [-0.3, -0.25) is 0 Å². The number of nitrogens with zero attached hydrogens (tertiary/aromatic N) is 2. The summed E-state index contributed by atoms with van der Waals surface area (Å²) in [6, 6.07) is -0.224. The Morgan fingerprint density at radius 3 is 2.65 bits per heavy atom. The van der Waals surface area contributed by atoms with E-state index in [0.717, 1.165) is 25.7 Å².